The van der Waals surface area contributed by atoms with Gasteiger partial charge in [0.25, 0.3) is 0 Å². The van der Waals surface area contributed by atoms with E-state index in [9.17, 15) is 9.90 Å². The monoisotopic (exact) mass is 259 g/mol. The topological polar surface area (TPSA) is 78.9 Å². The summed E-state index contributed by atoms with van der Waals surface area (Å²) in [5.41, 5.74) is 2.35. The van der Waals surface area contributed by atoms with Gasteiger partial charge < -0.3 is 10.1 Å². The highest BCUT2D eigenvalue weighted by Gasteiger charge is 2.27. The SMILES string of the molecule is Cc1cc(-c2ccc[nH]2)nc(C(C(=O)O)C(C)C)n1. The van der Waals surface area contributed by atoms with E-state index in [1.807, 2.05) is 45.2 Å². The smallest absolute Gasteiger partial charge is 0.314 e. The van der Waals surface area contributed by atoms with Crippen molar-refractivity contribution in [2.45, 2.75) is 26.7 Å². The third-order valence-electron chi connectivity index (χ3n) is 2.96. The summed E-state index contributed by atoms with van der Waals surface area (Å²) in [6.07, 6.45) is 1.81. The molecule has 2 aromatic rings. The van der Waals surface area contributed by atoms with E-state index in [1.54, 1.807) is 0 Å². The van der Waals surface area contributed by atoms with Gasteiger partial charge in [-0.2, -0.15) is 0 Å². The Morgan fingerprint density at radius 2 is 2.11 bits per heavy atom. The van der Waals surface area contributed by atoms with E-state index >= 15 is 0 Å². The predicted octanol–water partition coefficient (Wildman–Crippen LogP) is 2.60. The van der Waals surface area contributed by atoms with Gasteiger partial charge in [-0.25, -0.2) is 9.97 Å². The van der Waals surface area contributed by atoms with E-state index in [0.29, 0.717) is 5.82 Å². The second-order valence-electron chi connectivity index (χ2n) is 4.90. The van der Waals surface area contributed by atoms with Crippen LogP contribution in [-0.2, 0) is 4.79 Å². The number of nitrogens with one attached hydrogen (secondary N) is 1. The molecule has 2 rings (SSSR count). The second kappa shape index (κ2) is 5.22. The molecule has 5 heteroatoms. The molecule has 2 aromatic heterocycles. The number of carbonyl (C=O) groups is 1. The van der Waals surface area contributed by atoms with Crippen LogP contribution in [0.4, 0.5) is 0 Å². The molecule has 0 radical (unpaired) electrons. The first-order valence-corrected chi connectivity index (χ1v) is 6.21. The lowest BCUT2D eigenvalue weighted by Gasteiger charge is -2.15. The van der Waals surface area contributed by atoms with Crippen molar-refractivity contribution in [3.63, 3.8) is 0 Å². The number of aliphatic carboxylic acids is 1. The van der Waals surface area contributed by atoms with E-state index in [-0.39, 0.29) is 5.92 Å². The van der Waals surface area contributed by atoms with Crippen molar-refractivity contribution in [2.24, 2.45) is 5.92 Å². The molecule has 100 valence electrons. The summed E-state index contributed by atoms with van der Waals surface area (Å²) in [6, 6.07) is 5.62. The number of aromatic amines is 1. The van der Waals surface area contributed by atoms with Crippen LogP contribution in [-0.4, -0.2) is 26.0 Å². The van der Waals surface area contributed by atoms with Gasteiger partial charge in [0.15, 0.2) is 0 Å². The quantitative estimate of drug-likeness (QED) is 0.884. The van der Waals surface area contributed by atoms with Crippen molar-refractivity contribution in [3.8, 4) is 11.4 Å². The number of rotatable bonds is 4. The normalized spacial score (nSPS) is 12.6. The molecule has 0 bridgehead atoms. The Hall–Kier alpha value is -2.17. The predicted molar refractivity (Wildman–Crippen MR) is 71.8 cm³/mol. The van der Waals surface area contributed by atoms with Crippen LogP contribution in [0.3, 0.4) is 0 Å². The van der Waals surface area contributed by atoms with Crippen molar-refractivity contribution in [3.05, 3.63) is 35.9 Å². The fourth-order valence-corrected chi connectivity index (χ4v) is 2.05. The summed E-state index contributed by atoms with van der Waals surface area (Å²) in [5.74, 6) is -1.27. The molecule has 0 aliphatic heterocycles. The second-order valence-corrected chi connectivity index (χ2v) is 4.90. The van der Waals surface area contributed by atoms with E-state index in [1.165, 1.54) is 0 Å². The van der Waals surface area contributed by atoms with E-state index in [2.05, 4.69) is 15.0 Å². The van der Waals surface area contributed by atoms with Gasteiger partial charge >= 0.3 is 5.97 Å². The first kappa shape index (κ1) is 13.3. The largest absolute Gasteiger partial charge is 0.481 e. The van der Waals surface area contributed by atoms with Crippen molar-refractivity contribution in [1.82, 2.24) is 15.0 Å². The minimum Gasteiger partial charge on any atom is -0.481 e. The van der Waals surface area contributed by atoms with Crippen LogP contribution in [0.2, 0.25) is 0 Å². The van der Waals surface area contributed by atoms with Crippen LogP contribution < -0.4 is 0 Å². The summed E-state index contributed by atoms with van der Waals surface area (Å²) < 4.78 is 0. The lowest BCUT2D eigenvalue weighted by molar-refractivity contribution is -0.140. The van der Waals surface area contributed by atoms with Crippen LogP contribution in [0, 0.1) is 12.8 Å². The lowest BCUT2D eigenvalue weighted by atomic mass is 9.95. The first-order valence-electron chi connectivity index (χ1n) is 6.21. The number of nitrogens with zero attached hydrogens (tertiary/aromatic N) is 2. The first-order chi connectivity index (χ1) is 8.99. The third kappa shape index (κ3) is 2.81. The van der Waals surface area contributed by atoms with Crippen LogP contribution in [0.1, 0.15) is 31.3 Å². The minimum atomic E-state index is -0.891. The van der Waals surface area contributed by atoms with Gasteiger partial charge in [0, 0.05) is 11.9 Å². The standard InChI is InChI=1S/C14H17N3O2/c1-8(2)12(14(18)19)13-16-9(3)7-11(17-13)10-5-4-6-15-10/h4-8,12,15H,1-3H3,(H,18,19). The molecule has 19 heavy (non-hydrogen) atoms. The van der Waals surface area contributed by atoms with E-state index in [4.69, 9.17) is 0 Å². The Balaban J connectivity index is 2.50. The maximum atomic E-state index is 11.4. The zero-order valence-electron chi connectivity index (χ0n) is 11.2. The highest BCUT2D eigenvalue weighted by Crippen LogP contribution is 2.24. The Kier molecular flexibility index (Phi) is 3.64. The molecule has 1 atom stereocenters. The number of carboxylic acid groups (broad SMARTS) is 1. The number of carboxylic acids is 1. The van der Waals surface area contributed by atoms with Gasteiger partial charge in [-0.05, 0) is 31.0 Å². The Labute approximate surface area is 111 Å². The van der Waals surface area contributed by atoms with Crippen molar-refractivity contribution >= 4 is 5.97 Å². The number of H-pyrrole nitrogens is 1. The van der Waals surface area contributed by atoms with E-state index < -0.39 is 11.9 Å². The molecule has 0 saturated heterocycles. The minimum absolute atomic E-state index is 0.0595. The van der Waals surface area contributed by atoms with Gasteiger partial charge in [-0.15, -0.1) is 0 Å². The molecule has 0 aliphatic rings. The number of aromatic nitrogens is 3. The van der Waals surface area contributed by atoms with Crippen LogP contribution in [0.15, 0.2) is 24.4 Å². The maximum Gasteiger partial charge on any atom is 0.314 e. The van der Waals surface area contributed by atoms with Gasteiger partial charge in [-0.3, -0.25) is 4.79 Å². The molecule has 0 spiro atoms. The number of hydrogen-bond acceptors (Lipinski definition) is 3. The Morgan fingerprint density at radius 1 is 1.37 bits per heavy atom. The van der Waals surface area contributed by atoms with Crippen LogP contribution in [0.5, 0.6) is 0 Å². The Morgan fingerprint density at radius 3 is 2.63 bits per heavy atom. The van der Waals surface area contributed by atoms with Crippen molar-refractivity contribution in [1.29, 1.82) is 0 Å². The number of aryl methyl sites for hydroxylation is 1. The van der Waals surface area contributed by atoms with Gasteiger partial charge in [0.05, 0.1) is 11.4 Å². The molecule has 0 saturated carbocycles. The molecular weight excluding hydrogens is 242 g/mol. The highest BCUT2D eigenvalue weighted by molar-refractivity contribution is 5.75. The molecule has 2 N–H and O–H groups in total. The van der Waals surface area contributed by atoms with Gasteiger partial charge in [-0.1, -0.05) is 13.8 Å². The average Bonchev–Trinajstić information content (AvgIpc) is 2.80. The third-order valence-corrected chi connectivity index (χ3v) is 2.96. The maximum absolute atomic E-state index is 11.4. The lowest BCUT2D eigenvalue weighted by Crippen LogP contribution is -2.20. The summed E-state index contributed by atoms with van der Waals surface area (Å²) in [7, 11) is 0. The molecule has 1 unspecified atom stereocenters. The van der Waals surface area contributed by atoms with Gasteiger partial charge in [0.1, 0.15) is 11.7 Å². The van der Waals surface area contributed by atoms with Crippen molar-refractivity contribution < 1.29 is 9.90 Å². The molecule has 2 heterocycles. The summed E-state index contributed by atoms with van der Waals surface area (Å²) >= 11 is 0. The zero-order chi connectivity index (χ0) is 14.0. The number of hydrogen-bond donors (Lipinski definition) is 2. The molecule has 0 aromatic carbocycles. The molecule has 0 fully saturated rings. The fourth-order valence-electron chi connectivity index (χ4n) is 2.05. The Bertz CT molecular complexity index is 576. The van der Waals surface area contributed by atoms with Gasteiger partial charge in [0.2, 0.25) is 0 Å². The van der Waals surface area contributed by atoms with Crippen LogP contribution >= 0.6 is 0 Å². The zero-order valence-corrected chi connectivity index (χ0v) is 11.2. The molecule has 0 amide bonds. The summed E-state index contributed by atoms with van der Waals surface area (Å²) in [5, 5.41) is 9.32. The van der Waals surface area contributed by atoms with E-state index in [0.717, 1.165) is 17.1 Å². The summed E-state index contributed by atoms with van der Waals surface area (Å²) in [4.78, 5) is 23.1. The molecular formula is C14H17N3O2. The highest BCUT2D eigenvalue weighted by atomic mass is 16.4. The summed E-state index contributed by atoms with van der Waals surface area (Å²) in [6.45, 7) is 5.56. The fraction of sp³-hybridized carbons (Fsp3) is 0.357. The van der Waals surface area contributed by atoms with Crippen LogP contribution in [0.25, 0.3) is 11.4 Å². The molecule has 5 nitrogen and oxygen atoms in total. The van der Waals surface area contributed by atoms with Crippen molar-refractivity contribution in [2.75, 3.05) is 0 Å². The average molecular weight is 259 g/mol. The molecule has 0 aliphatic carbocycles.